The van der Waals surface area contributed by atoms with Gasteiger partial charge in [-0.2, -0.15) is 0 Å². The second-order valence-electron chi connectivity index (χ2n) is 6.18. The molecule has 4 nitrogen and oxygen atoms in total. The Bertz CT molecular complexity index is 405. The average Bonchev–Trinajstić information content (AvgIpc) is 2.27. The molecule has 2 heterocycles. The molecular weight excluding hydrogens is 238 g/mol. The van der Waals surface area contributed by atoms with Crippen molar-refractivity contribution in [2.24, 2.45) is 5.73 Å². The Morgan fingerprint density at radius 2 is 2.21 bits per heavy atom. The van der Waals surface area contributed by atoms with Crippen LogP contribution in [-0.2, 0) is 4.74 Å². The number of nitrogens with two attached hydrogens (primary N) is 1. The highest BCUT2D eigenvalue weighted by molar-refractivity contribution is 5.12. The maximum atomic E-state index is 6.21. The van der Waals surface area contributed by atoms with Crippen LogP contribution in [0.25, 0.3) is 0 Å². The summed E-state index contributed by atoms with van der Waals surface area (Å²) in [6, 6.07) is 6.20. The monoisotopic (exact) mass is 263 g/mol. The van der Waals surface area contributed by atoms with Gasteiger partial charge in [0, 0.05) is 25.3 Å². The van der Waals surface area contributed by atoms with Crippen LogP contribution in [0.1, 0.15) is 39.4 Å². The molecular formula is C15H25N3O. The van der Waals surface area contributed by atoms with Crippen LogP contribution in [-0.4, -0.2) is 40.7 Å². The molecule has 1 fully saturated rings. The maximum absolute atomic E-state index is 6.21. The van der Waals surface area contributed by atoms with Crippen LogP contribution in [0, 0.1) is 0 Å². The van der Waals surface area contributed by atoms with E-state index in [0.717, 1.165) is 18.8 Å². The van der Waals surface area contributed by atoms with Crippen LogP contribution in [0.5, 0.6) is 0 Å². The van der Waals surface area contributed by atoms with Gasteiger partial charge >= 0.3 is 0 Å². The fourth-order valence-corrected chi connectivity index (χ4v) is 3.05. The summed E-state index contributed by atoms with van der Waals surface area (Å²) in [6.45, 7) is 10.2. The van der Waals surface area contributed by atoms with Gasteiger partial charge in [-0.1, -0.05) is 6.07 Å². The molecule has 0 aliphatic carbocycles. The largest absolute Gasteiger partial charge is 0.370 e. The molecule has 0 bridgehead atoms. The summed E-state index contributed by atoms with van der Waals surface area (Å²) in [5.41, 5.74) is 7.12. The second-order valence-corrected chi connectivity index (χ2v) is 6.18. The summed E-state index contributed by atoms with van der Waals surface area (Å²) in [7, 11) is 0. The standard InChI is InChI=1S/C15H25N3O/c1-11-9-18(10-15(3,4)19-11)14(12(2)16)13-7-5-6-8-17-13/h5-8,11-12,14H,9-10,16H2,1-4H3. The minimum Gasteiger partial charge on any atom is -0.370 e. The van der Waals surface area contributed by atoms with E-state index >= 15 is 0 Å². The molecule has 0 amide bonds. The van der Waals surface area contributed by atoms with Gasteiger partial charge in [-0.05, 0) is 39.8 Å². The first-order valence-corrected chi connectivity index (χ1v) is 6.97. The molecule has 106 valence electrons. The lowest BCUT2D eigenvalue weighted by Crippen LogP contribution is -2.55. The molecule has 1 aliphatic rings. The van der Waals surface area contributed by atoms with Gasteiger partial charge in [0.2, 0.25) is 0 Å². The van der Waals surface area contributed by atoms with Gasteiger partial charge in [0.05, 0.1) is 23.4 Å². The topological polar surface area (TPSA) is 51.4 Å². The third-order valence-electron chi connectivity index (χ3n) is 3.48. The van der Waals surface area contributed by atoms with E-state index < -0.39 is 0 Å². The van der Waals surface area contributed by atoms with E-state index in [1.807, 2.05) is 25.3 Å². The predicted octanol–water partition coefficient (Wildman–Crippen LogP) is 1.97. The molecule has 0 radical (unpaired) electrons. The molecule has 2 rings (SSSR count). The van der Waals surface area contributed by atoms with Gasteiger partial charge in [0.15, 0.2) is 0 Å². The molecule has 1 aromatic rings. The zero-order valence-electron chi connectivity index (χ0n) is 12.3. The number of pyridine rings is 1. The molecule has 1 saturated heterocycles. The normalized spacial score (nSPS) is 26.9. The Kier molecular flexibility index (Phi) is 4.23. The second kappa shape index (κ2) is 5.57. The number of rotatable bonds is 3. The lowest BCUT2D eigenvalue weighted by Gasteiger charge is -2.46. The van der Waals surface area contributed by atoms with Crippen molar-refractivity contribution >= 4 is 0 Å². The molecule has 1 aliphatic heterocycles. The van der Waals surface area contributed by atoms with Gasteiger partial charge in [-0.15, -0.1) is 0 Å². The summed E-state index contributed by atoms with van der Waals surface area (Å²) in [5, 5.41) is 0. The molecule has 2 N–H and O–H groups in total. The number of hydrogen-bond donors (Lipinski definition) is 1. The minimum atomic E-state index is -0.139. The number of morpholine rings is 1. The summed E-state index contributed by atoms with van der Waals surface area (Å²) in [6.07, 6.45) is 2.05. The quantitative estimate of drug-likeness (QED) is 0.906. The van der Waals surface area contributed by atoms with E-state index in [4.69, 9.17) is 10.5 Å². The van der Waals surface area contributed by atoms with Gasteiger partial charge in [0.1, 0.15) is 0 Å². The Balaban J connectivity index is 2.25. The van der Waals surface area contributed by atoms with Crippen molar-refractivity contribution in [2.45, 2.75) is 51.5 Å². The van der Waals surface area contributed by atoms with E-state index in [9.17, 15) is 0 Å². The first-order chi connectivity index (χ1) is 8.89. The number of aromatic nitrogens is 1. The lowest BCUT2D eigenvalue weighted by molar-refractivity contribution is -0.140. The van der Waals surface area contributed by atoms with Gasteiger partial charge in [-0.25, -0.2) is 0 Å². The highest BCUT2D eigenvalue weighted by Crippen LogP contribution is 2.29. The van der Waals surface area contributed by atoms with Gasteiger partial charge in [-0.3, -0.25) is 9.88 Å². The van der Waals surface area contributed by atoms with Crippen LogP contribution in [0.4, 0.5) is 0 Å². The zero-order chi connectivity index (χ0) is 14.0. The molecule has 3 unspecified atom stereocenters. The zero-order valence-corrected chi connectivity index (χ0v) is 12.3. The van der Waals surface area contributed by atoms with Crippen molar-refractivity contribution < 1.29 is 4.74 Å². The summed E-state index contributed by atoms with van der Waals surface area (Å²) in [5.74, 6) is 0. The fraction of sp³-hybridized carbons (Fsp3) is 0.667. The van der Waals surface area contributed by atoms with Gasteiger partial charge in [0.25, 0.3) is 0 Å². The Labute approximate surface area is 116 Å². The Morgan fingerprint density at radius 3 is 2.74 bits per heavy atom. The Morgan fingerprint density at radius 1 is 1.47 bits per heavy atom. The van der Waals surface area contributed by atoms with Crippen molar-refractivity contribution in [2.75, 3.05) is 13.1 Å². The average molecular weight is 263 g/mol. The van der Waals surface area contributed by atoms with E-state index in [1.165, 1.54) is 0 Å². The first-order valence-electron chi connectivity index (χ1n) is 6.97. The maximum Gasteiger partial charge on any atom is 0.0757 e. The van der Waals surface area contributed by atoms with Gasteiger partial charge < -0.3 is 10.5 Å². The van der Waals surface area contributed by atoms with E-state index in [-0.39, 0.29) is 23.8 Å². The van der Waals surface area contributed by atoms with E-state index in [1.54, 1.807) is 0 Å². The van der Waals surface area contributed by atoms with E-state index in [2.05, 4.69) is 36.7 Å². The predicted molar refractivity (Wildman–Crippen MR) is 76.8 cm³/mol. The molecule has 19 heavy (non-hydrogen) atoms. The molecule has 0 spiro atoms. The van der Waals surface area contributed by atoms with Crippen molar-refractivity contribution in [3.63, 3.8) is 0 Å². The van der Waals surface area contributed by atoms with E-state index in [0.29, 0.717) is 0 Å². The van der Waals surface area contributed by atoms with Crippen molar-refractivity contribution in [3.8, 4) is 0 Å². The number of nitrogens with zero attached hydrogens (tertiary/aromatic N) is 2. The lowest BCUT2D eigenvalue weighted by atomic mass is 9.98. The fourth-order valence-electron chi connectivity index (χ4n) is 3.05. The SMILES string of the molecule is CC1CN(C(c2ccccn2)C(C)N)CC(C)(C)O1. The van der Waals surface area contributed by atoms with Crippen LogP contribution in [0.2, 0.25) is 0 Å². The highest BCUT2D eigenvalue weighted by atomic mass is 16.5. The molecule has 1 aromatic heterocycles. The molecule has 0 saturated carbocycles. The smallest absolute Gasteiger partial charge is 0.0757 e. The van der Waals surface area contributed by atoms with Crippen molar-refractivity contribution in [3.05, 3.63) is 30.1 Å². The molecule has 0 aromatic carbocycles. The minimum absolute atomic E-state index is 0.0380. The summed E-state index contributed by atoms with van der Waals surface area (Å²) >= 11 is 0. The van der Waals surface area contributed by atoms with Crippen LogP contribution in [0.3, 0.4) is 0 Å². The van der Waals surface area contributed by atoms with Crippen molar-refractivity contribution in [1.82, 2.24) is 9.88 Å². The third kappa shape index (κ3) is 3.53. The summed E-state index contributed by atoms with van der Waals surface area (Å²) < 4.78 is 5.97. The Hall–Kier alpha value is -0.970. The van der Waals surface area contributed by atoms with Crippen molar-refractivity contribution in [1.29, 1.82) is 0 Å². The third-order valence-corrected chi connectivity index (χ3v) is 3.48. The number of ether oxygens (including phenoxy) is 1. The highest BCUT2D eigenvalue weighted by Gasteiger charge is 2.36. The first kappa shape index (κ1) is 14.4. The van der Waals surface area contributed by atoms with Crippen LogP contribution in [0.15, 0.2) is 24.4 Å². The summed E-state index contributed by atoms with van der Waals surface area (Å²) in [4.78, 5) is 6.89. The van der Waals surface area contributed by atoms with Crippen LogP contribution >= 0.6 is 0 Å². The number of hydrogen-bond acceptors (Lipinski definition) is 4. The molecule has 4 heteroatoms. The molecule has 3 atom stereocenters. The van der Waals surface area contributed by atoms with Crippen LogP contribution < -0.4 is 5.73 Å².